The molecule has 82 valence electrons. The van der Waals surface area contributed by atoms with Crippen LogP contribution in [-0.4, -0.2) is 12.1 Å². The van der Waals surface area contributed by atoms with E-state index in [9.17, 15) is 4.79 Å². The van der Waals surface area contributed by atoms with E-state index in [-0.39, 0.29) is 12.1 Å². The van der Waals surface area contributed by atoms with Crippen molar-refractivity contribution in [2.45, 2.75) is 39.3 Å². The van der Waals surface area contributed by atoms with Gasteiger partial charge in [0.05, 0.1) is 12.5 Å². The van der Waals surface area contributed by atoms with Crippen LogP contribution in [0.25, 0.3) is 0 Å². The molecule has 0 radical (unpaired) electrons. The molecule has 0 aliphatic carbocycles. The SMILES string of the molecule is CC(C)OC(=O)CCC[n+]1ccccc1. The maximum atomic E-state index is 11.2. The molecule has 0 fully saturated rings. The van der Waals surface area contributed by atoms with Crippen molar-refractivity contribution in [2.24, 2.45) is 0 Å². The lowest BCUT2D eigenvalue weighted by Gasteiger charge is -2.06. The number of rotatable bonds is 5. The molecule has 1 rings (SSSR count). The number of aromatic nitrogens is 1. The normalized spacial score (nSPS) is 10.3. The number of aryl methyl sites for hydroxylation is 1. The molecule has 0 atom stereocenters. The minimum atomic E-state index is -0.110. The molecule has 1 aromatic heterocycles. The van der Waals surface area contributed by atoms with Gasteiger partial charge in [-0.25, -0.2) is 4.57 Å². The van der Waals surface area contributed by atoms with Crippen LogP contribution in [0.4, 0.5) is 0 Å². The van der Waals surface area contributed by atoms with Crippen molar-refractivity contribution in [2.75, 3.05) is 0 Å². The zero-order valence-corrected chi connectivity index (χ0v) is 9.35. The van der Waals surface area contributed by atoms with Gasteiger partial charge in [0.15, 0.2) is 12.4 Å². The van der Waals surface area contributed by atoms with Gasteiger partial charge >= 0.3 is 5.97 Å². The Morgan fingerprint density at radius 1 is 1.27 bits per heavy atom. The zero-order chi connectivity index (χ0) is 11.1. The Kier molecular flexibility index (Phi) is 4.81. The first-order valence-corrected chi connectivity index (χ1v) is 5.32. The third kappa shape index (κ3) is 5.15. The quantitative estimate of drug-likeness (QED) is 0.544. The number of ether oxygens (including phenoxy) is 1. The van der Waals surface area contributed by atoms with E-state index in [4.69, 9.17) is 4.74 Å². The number of carbonyl (C=O) groups excluding carboxylic acids is 1. The standard InChI is InChI=1S/C12H18NO2/c1-11(2)15-12(14)7-6-10-13-8-4-3-5-9-13/h3-5,8-9,11H,6-7,10H2,1-2H3/q+1. The summed E-state index contributed by atoms with van der Waals surface area (Å²) in [4.78, 5) is 11.2. The van der Waals surface area contributed by atoms with Crippen LogP contribution in [0.15, 0.2) is 30.6 Å². The first kappa shape index (κ1) is 11.7. The predicted octanol–water partition coefficient (Wildman–Crippen LogP) is 1.71. The van der Waals surface area contributed by atoms with Crippen LogP contribution >= 0.6 is 0 Å². The highest BCUT2D eigenvalue weighted by atomic mass is 16.5. The van der Waals surface area contributed by atoms with E-state index in [0.29, 0.717) is 6.42 Å². The summed E-state index contributed by atoms with van der Waals surface area (Å²) in [6.45, 7) is 4.59. The fraction of sp³-hybridized carbons (Fsp3) is 0.500. The molecule has 15 heavy (non-hydrogen) atoms. The Labute approximate surface area is 90.7 Å². The van der Waals surface area contributed by atoms with Gasteiger partial charge in [-0.2, -0.15) is 0 Å². The maximum Gasteiger partial charge on any atom is 0.306 e. The van der Waals surface area contributed by atoms with E-state index in [2.05, 4.69) is 4.57 Å². The number of nitrogens with zero attached hydrogens (tertiary/aromatic N) is 1. The molecule has 0 saturated carbocycles. The third-order valence-electron chi connectivity index (χ3n) is 1.94. The predicted molar refractivity (Wildman–Crippen MR) is 57.1 cm³/mol. The lowest BCUT2D eigenvalue weighted by atomic mass is 10.3. The molecular weight excluding hydrogens is 190 g/mol. The average Bonchev–Trinajstić information content (AvgIpc) is 2.18. The summed E-state index contributed by atoms with van der Waals surface area (Å²) in [5.74, 6) is -0.110. The summed E-state index contributed by atoms with van der Waals surface area (Å²) < 4.78 is 7.10. The number of carbonyl (C=O) groups is 1. The maximum absolute atomic E-state index is 11.2. The second-order valence-corrected chi connectivity index (χ2v) is 3.76. The van der Waals surface area contributed by atoms with E-state index >= 15 is 0 Å². The zero-order valence-electron chi connectivity index (χ0n) is 9.35. The molecule has 0 amide bonds. The number of pyridine rings is 1. The average molecular weight is 208 g/mol. The van der Waals surface area contributed by atoms with Gasteiger partial charge < -0.3 is 4.74 Å². The smallest absolute Gasteiger partial charge is 0.306 e. The van der Waals surface area contributed by atoms with E-state index in [1.807, 2.05) is 44.4 Å². The minimum Gasteiger partial charge on any atom is -0.463 e. The second-order valence-electron chi connectivity index (χ2n) is 3.76. The third-order valence-corrected chi connectivity index (χ3v) is 1.94. The molecule has 0 aliphatic heterocycles. The van der Waals surface area contributed by atoms with Crippen molar-refractivity contribution in [3.8, 4) is 0 Å². The van der Waals surface area contributed by atoms with Crippen LogP contribution in [0.3, 0.4) is 0 Å². The summed E-state index contributed by atoms with van der Waals surface area (Å²) in [7, 11) is 0. The molecule has 0 spiro atoms. The largest absolute Gasteiger partial charge is 0.463 e. The van der Waals surface area contributed by atoms with Gasteiger partial charge in [0.2, 0.25) is 0 Å². The number of esters is 1. The van der Waals surface area contributed by atoms with E-state index in [1.165, 1.54) is 0 Å². The lowest BCUT2D eigenvalue weighted by Crippen LogP contribution is -2.32. The Bertz CT molecular complexity index is 296. The Balaban J connectivity index is 2.19. The van der Waals surface area contributed by atoms with Crippen LogP contribution in [0.1, 0.15) is 26.7 Å². The minimum absolute atomic E-state index is 0.0121. The van der Waals surface area contributed by atoms with Crippen molar-refractivity contribution < 1.29 is 14.1 Å². The Hall–Kier alpha value is -1.38. The summed E-state index contributed by atoms with van der Waals surface area (Å²) in [6.07, 6.45) is 5.28. The van der Waals surface area contributed by atoms with Crippen LogP contribution in [0.5, 0.6) is 0 Å². The van der Waals surface area contributed by atoms with Gasteiger partial charge in [0, 0.05) is 18.6 Å². The van der Waals surface area contributed by atoms with Crippen LogP contribution in [0, 0.1) is 0 Å². The first-order chi connectivity index (χ1) is 7.18. The van der Waals surface area contributed by atoms with E-state index in [0.717, 1.165) is 13.0 Å². The van der Waals surface area contributed by atoms with Gasteiger partial charge in [-0.1, -0.05) is 6.07 Å². The van der Waals surface area contributed by atoms with Crippen molar-refractivity contribution >= 4 is 5.97 Å². The highest BCUT2D eigenvalue weighted by molar-refractivity contribution is 5.69. The second kappa shape index (κ2) is 6.17. The van der Waals surface area contributed by atoms with Crippen molar-refractivity contribution in [3.05, 3.63) is 30.6 Å². The monoisotopic (exact) mass is 208 g/mol. The number of hydrogen-bond donors (Lipinski definition) is 0. The van der Waals surface area contributed by atoms with Crippen LogP contribution in [0.2, 0.25) is 0 Å². The highest BCUT2D eigenvalue weighted by Crippen LogP contribution is 1.96. The van der Waals surface area contributed by atoms with Gasteiger partial charge in [-0.15, -0.1) is 0 Å². The molecule has 0 bridgehead atoms. The van der Waals surface area contributed by atoms with Crippen LogP contribution in [-0.2, 0) is 16.1 Å². The highest BCUT2D eigenvalue weighted by Gasteiger charge is 2.06. The van der Waals surface area contributed by atoms with Gasteiger partial charge in [0.25, 0.3) is 0 Å². The van der Waals surface area contributed by atoms with Gasteiger partial charge in [0.1, 0.15) is 6.54 Å². The van der Waals surface area contributed by atoms with E-state index in [1.54, 1.807) is 0 Å². The summed E-state index contributed by atoms with van der Waals surface area (Å²) in [5, 5.41) is 0. The van der Waals surface area contributed by atoms with E-state index < -0.39 is 0 Å². The Morgan fingerprint density at radius 3 is 2.53 bits per heavy atom. The molecule has 0 saturated heterocycles. The summed E-state index contributed by atoms with van der Waals surface area (Å²) in [6, 6.07) is 5.93. The topological polar surface area (TPSA) is 30.2 Å². The first-order valence-electron chi connectivity index (χ1n) is 5.32. The van der Waals surface area contributed by atoms with Gasteiger partial charge in [-0.05, 0) is 13.8 Å². The molecule has 0 aliphatic rings. The number of hydrogen-bond acceptors (Lipinski definition) is 2. The Morgan fingerprint density at radius 2 is 1.93 bits per heavy atom. The molecule has 1 heterocycles. The van der Waals surface area contributed by atoms with Crippen molar-refractivity contribution in [1.82, 2.24) is 0 Å². The molecule has 0 N–H and O–H groups in total. The molecule has 1 aromatic rings. The molecule has 3 nitrogen and oxygen atoms in total. The molecule has 0 unspecified atom stereocenters. The fourth-order valence-electron chi connectivity index (χ4n) is 1.31. The van der Waals surface area contributed by atoms with Gasteiger partial charge in [-0.3, -0.25) is 4.79 Å². The van der Waals surface area contributed by atoms with Crippen LogP contribution < -0.4 is 4.57 Å². The molecular formula is C12H18NO2+. The lowest BCUT2D eigenvalue weighted by molar-refractivity contribution is -0.697. The molecule has 3 heteroatoms. The summed E-state index contributed by atoms with van der Waals surface area (Å²) in [5.41, 5.74) is 0. The van der Waals surface area contributed by atoms with Crippen molar-refractivity contribution in [1.29, 1.82) is 0 Å². The van der Waals surface area contributed by atoms with Crippen molar-refractivity contribution in [3.63, 3.8) is 0 Å². The summed E-state index contributed by atoms with van der Waals surface area (Å²) >= 11 is 0. The fourth-order valence-corrected chi connectivity index (χ4v) is 1.31. The molecule has 0 aromatic carbocycles.